The van der Waals surface area contributed by atoms with Crippen molar-refractivity contribution < 1.29 is 14.3 Å². The van der Waals surface area contributed by atoms with Crippen molar-refractivity contribution in [2.75, 3.05) is 12.8 Å². The number of carbonyl (C=O) groups excluding carboxylic acids is 1. The van der Waals surface area contributed by atoms with Gasteiger partial charge in [0, 0.05) is 11.8 Å². The molecule has 0 spiro atoms. The van der Waals surface area contributed by atoms with Crippen LogP contribution in [0.5, 0.6) is 11.5 Å². The second-order valence-electron chi connectivity index (χ2n) is 4.07. The van der Waals surface area contributed by atoms with E-state index in [9.17, 15) is 4.79 Å². The lowest BCUT2D eigenvalue weighted by atomic mass is 10.1. The Morgan fingerprint density at radius 2 is 1.84 bits per heavy atom. The second kappa shape index (κ2) is 5.91. The SMILES string of the molecule is COC(=O)Cc1ccc(Oc2cccc(N)c2)cc1. The monoisotopic (exact) mass is 257 g/mol. The van der Waals surface area contributed by atoms with Crippen LogP contribution in [0.25, 0.3) is 0 Å². The molecule has 2 aromatic rings. The highest BCUT2D eigenvalue weighted by Gasteiger charge is 2.03. The summed E-state index contributed by atoms with van der Waals surface area (Å²) < 4.78 is 10.3. The lowest BCUT2D eigenvalue weighted by Gasteiger charge is -2.07. The molecule has 0 aliphatic carbocycles. The zero-order valence-corrected chi connectivity index (χ0v) is 10.6. The number of nitrogen functional groups attached to an aromatic ring is 1. The van der Waals surface area contributed by atoms with E-state index in [-0.39, 0.29) is 12.4 Å². The molecule has 2 N–H and O–H groups in total. The zero-order chi connectivity index (χ0) is 13.7. The summed E-state index contributed by atoms with van der Waals surface area (Å²) >= 11 is 0. The topological polar surface area (TPSA) is 61.5 Å². The molecule has 0 saturated heterocycles. The smallest absolute Gasteiger partial charge is 0.309 e. The Kier molecular flexibility index (Phi) is 4.03. The Balaban J connectivity index is 2.04. The van der Waals surface area contributed by atoms with Gasteiger partial charge in [-0.15, -0.1) is 0 Å². The fraction of sp³-hybridized carbons (Fsp3) is 0.133. The first-order valence-corrected chi connectivity index (χ1v) is 5.86. The molecule has 0 fully saturated rings. The molecule has 4 heteroatoms. The van der Waals surface area contributed by atoms with Crippen LogP contribution in [0.1, 0.15) is 5.56 Å². The maximum Gasteiger partial charge on any atom is 0.309 e. The third-order valence-electron chi connectivity index (χ3n) is 2.59. The molecular weight excluding hydrogens is 242 g/mol. The Bertz CT molecular complexity index is 564. The number of methoxy groups -OCH3 is 1. The molecule has 0 saturated carbocycles. The van der Waals surface area contributed by atoms with E-state index in [2.05, 4.69) is 4.74 Å². The van der Waals surface area contributed by atoms with Gasteiger partial charge >= 0.3 is 5.97 Å². The Labute approximate surface area is 111 Å². The Morgan fingerprint density at radius 3 is 2.47 bits per heavy atom. The van der Waals surface area contributed by atoms with Gasteiger partial charge in [0.25, 0.3) is 0 Å². The summed E-state index contributed by atoms with van der Waals surface area (Å²) in [5.74, 6) is 1.12. The van der Waals surface area contributed by atoms with Gasteiger partial charge < -0.3 is 15.2 Å². The predicted octanol–water partition coefficient (Wildman–Crippen LogP) is 2.78. The molecule has 98 valence electrons. The molecule has 19 heavy (non-hydrogen) atoms. The molecule has 0 aliphatic rings. The number of ether oxygens (including phenoxy) is 2. The second-order valence-corrected chi connectivity index (χ2v) is 4.07. The Morgan fingerprint density at radius 1 is 1.11 bits per heavy atom. The van der Waals surface area contributed by atoms with E-state index in [0.717, 1.165) is 5.56 Å². The van der Waals surface area contributed by atoms with Crippen molar-refractivity contribution >= 4 is 11.7 Å². The molecule has 2 aromatic carbocycles. The molecule has 4 nitrogen and oxygen atoms in total. The highest BCUT2D eigenvalue weighted by Crippen LogP contribution is 2.23. The third-order valence-corrected chi connectivity index (χ3v) is 2.59. The van der Waals surface area contributed by atoms with Gasteiger partial charge in [0.15, 0.2) is 0 Å². The zero-order valence-electron chi connectivity index (χ0n) is 10.6. The fourth-order valence-corrected chi connectivity index (χ4v) is 1.63. The number of rotatable bonds is 4. The van der Waals surface area contributed by atoms with Crippen molar-refractivity contribution in [2.24, 2.45) is 0 Å². The van der Waals surface area contributed by atoms with E-state index in [1.54, 1.807) is 12.1 Å². The molecule has 0 atom stereocenters. The number of nitrogens with two attached hydrogens (primary N) is 1. The summed E-state index contributed by atoms with van der Waals surface area (Å²) in [7, 11) is 1.37. The molecule has 0 radical (unpaired) electrons. The number of carbonyl (C=O) groups is 1. The van der Waals surface area contributed by atoms with E-state index in [1.807, 2.05) is 36.4 Å². The molecule has 0 aliphatic heterocycles. The summed E-state index contributed by atoms with van der Waals surface area (Å²) in [5, 5.41) is 0. The highest BCUT2D eigenvalue weighted by molar-refractivity contribution is 5.72. The van der Waals surface area contributed by atoms with Gasteiger partial charge in [0.2, 0.25) is 0 Å². The van der Waals surface area contributed by atoms with Crippen LogP contribution in [-0.2, 0) is 16.0 Å². The third kappa shape index (κ3) is 3.74. The maximum absolute atomic E-state index is 11.1. The highest BCUT2D eigenvalue weighted by atomic mass is 16.5. The summed E-state index contributed by atoms with van der Waals surface area (Å²) in [6.07, 6.45) is 0.259. The van der Waals surface area contributed by atoms with Gasteiger partial charge in [-0.25, -0.2) is 0 Å². The van der Waals surface area contributed by atoms with E-state index < -0.39 is 0 Å². The van der Waals surface area contributed by atoms with Crippen LogP contribution >= 0.6 is 0 Å². The maximum atomic E-state index is 11.1. The van der Waals surface area contributed by atoms with Gasteiger partial charge in [-0.2, -0.15) is 0 Å². The lowest BCUT2D eigenvalue weighted by molar-refractivity contribution is -0.139. The molecule has 0 heterocycles. The van der Waals surface area contributed by atoms with Crippen LogP contribution < -0.4 is 10.5 Å². The number of hydrogen-bond acceptors (Lipinski definition) is 4. The van der Waals surface area contributed by atoms with Crippen molar-refractivity contribution in [3.8, 4) is 11.5 Å². The first-order chi connectivity index (χ1) is 9.17. The minimum atomic E-state index is -0.260. The average Bonchev–Trinajstić information content (AvgIpc) is 2.41. The molecule has 2 rings (SSSR count). The molecule has 0 amide bonds. The van der Waals surface area contributed by atoms with E-state index in [0.29, 0.717) is 17.2 Å². The summed E-state index contributed by atoms with van der Waals surface area (Å²) in [4.78, 5) is 11.1. The van der Waals surface area contributed by atoms with Crippen LogP contribution in [0.4, 0.5) is 5.69 Å². The van der Waals surface area contributed by atoms with Crippen LogP contribution in [-0.4, -0.2) is 13.1 Å². The van der Waals surface area contributed by atoms with Gasteiger partial charge in [0.05, 0.1) is 13.5 Å². The summed E-state index contributed by atoms with van der Waals surface area (Å²) in [5.41, 5.74) is 7.21. The predicted molar refractivity (Wildman–Crippen MR) is 73.1 cm³/mol. The van der Waals surface area contributed by atoms with E-state index >= 15 is 0 Å². The molecule has 0 aromatic heterocycles. The van der Waals surface area contributed by atoms with Crippen molar-refractivity contribution in [1.29, 1.82) is 0 Å². The van der Waals surface area contributed by atoms with Crippen molar-refractivity contribution in [3.63, 3.8) is 0 Å². The standard InChI is InChI=1S/C15H15NO3/c1-18-15(17)9-11-5-7-13(8-6-11)19-14-4-2-3-12(16)10-14/h2-8,10H,9,16H2,1H3. The van der Waals surface area contributed by atoms with E-state index in [1.165, 1.54) is 7.11 Å². The number of esters is 1. The Hall–Kier alpha value is -2.49. The lowest BCUT2D eigenvalue weighted by Crippen LogP contribution is -2.04. The van der Waals surface area contributed by atoms with Gasteiger partial charge in [0.1, 0.15) is 11.5 Å². The molecule has 0 bridgehead atoms. The quantitative estimate of drug-likeness (QED) is 0.675. The summed E-state index contributed by atoms with van der Waals surface area (Å²) in [6, 6.07) is 14.5. The minimum absolute atomic E-state index is 0.259. The largest absolute Gasteiger partial charge is 0.469 e. The minimum Gasteiger partial charge on any atom is -0.469 e. The van der Waals surface area contributed by atoms with Crippen LogP contribution in [0.3, 0.4) is 0 Å². The van der Waals surface area contributed by atoms with Gasteiger partial charge in [-0.3, -0.25) is 4.79 Å². The first kappa shape index (κ1) is 13.0. The molecule has 0 unspecified atom stereocenters. The van der Waals surface area contributed by atoms with Crippen LogP contribution in [0.15, 0.2) is 48.5 Å². The van der Waals surface area contributed by atoms with Crippen molar-refractivity contribution in [2.45, 2.75) is 6.42 Å². The van der Waals surface area contributed by atoms with Crippen molar-refractivity contribution in [1.82, 2.24) is 0 Å². The average molecular weight is 257 g/mol. The number of anilines is 1. The van der Waals surface area contributed by atoms with Gasteiger partial charge in [-0.05, 0) is 29.8 Å². The van der Waals surface area contributed by atoms with Crippen molar-refractivity contribution in [3.05, 3.63) is 54.1 Å². The molecular formula is C15H15NO3. The van der Waals surface area contributed by atoms with Gasteiger partial charge in [-0.1, -0.05) is 18.2 Å². The number of benzene rings is 2. The number of hydrogen-bond donors (Lipinski definition) is 1. The van der Waals surface area contributed by atoms with Crippen LogP contribution in [0, 0.1) is 0 Å². The fourth-order valence-electron chi connectivity index (χ4n) is 1.63. The normalized spacial score (nSPS) is 9.95. The van der Waals surface area contributed by atoms with E-state index in [4.69, 9.17) is 10.5 Å². The first-order valence-electron chi connectivity index (χ1n) is 5.86. The van der Waals surface area contributed by atoms with Crippen LogP contribution in [0.2, 0.25) is 0 Å². The summed E-state index contributed by atoms with van der Waals surface area (Å²) in [6.45, 7) is 0.